The van der Waals surface area contributed by atoms with E-state index < -0.39 is 30.5 Å². The van der Waals surface area contributed by atoms with Gasteiger partial charge in [0.15, 0.2) is 12.4 Å². The number of Topliss-reactive ketones (excluding diaryl/α,β-unsaturated/α-hetero) is 1. The topological polar surface area (TPSA) is 61.2 Å². The summed E-state index contributed by atoms with van der Waals surface area (Å²) in [5, 5.41) is 3.54. The standard InChI is InChI=1S/C20H16F2N2O3/c1-24-11-16(18(23-24)19(21)22)20(26)27-12-17(25)15-9-7-14(8-10-15)13-5-3-2-4-6-13/h2-11,19H,12H2,1H3. The zero-order chi connectivity index (χ0) is 19.4. The van der Waals surface area contributed by atoms with Gasteiger partial charge in [-0.05, 0) is 11.1 Å². The van der Waals surface area contributed by atoms with Crippen LogP contribution < -0.4 is 0 Å². The van der Waals surface area contributed by atoms with Crippen LogP contribution in [-0.4, -0.2) is 28.1 Å². The van der Waals surface area contributed by atoms with Crippen molar-refractivity contribution >= 4 is 11.8 Å². The molecule has 138 valence electrons. The van der Waals surface area contributed by atoms with Crippen LogP contribution in [-0.2, 0) is 11.8 Å². The van der Waals surface area contributed by atoms with Crippen LogP contribution in [0, 0.1) is 0 Å². The number of esters is 1. The van der Waals surface area contributed by atoms with Crippen molar-refractivity contribution in [1.29, 1.82) is 0 Å². The van der Waals surface area contributed by atoms with Crippen LogP contribution in [0.25, 0.3) is 11.1 Å². The summed E-state index contributed by atoms with van der Waals surface area (Å²) in [6.07, 6.45) is -1.77. The number of carbonyl (C=O) groups excluding carboxylic acids is 2. The minimum absolute atomic E-state index is 0.347. The van der Waals surface area contributed by atoms with Crippen molar-refractivity contribution in [2.24, 2.45) is 7.05 Å². The molecule has 27 heavy (non-hydrogen) atoms. The normalized spacial score (nSPS) is 10.8. The van der Waals surface area contributed by atoms with Crippen molar-refractivity contribution in [3.05, 3.63) is 77.6 Å². The molecule has 2 aromatic carbocycles. The molecule has 0 spiro atoms. The average molecular weight is 370 g/mol. The molecule has 0 saturated carbocycles. The van der Waals surface area contributed by atoms with Crippen LogP contribution in [0.4, 0.5) is 8.78 Å². The van der Waals surface area contributed by atoms with Gasteiger partial charge in [0.25, 0.3) is 6.43 Å². The monoisotopic (exact) mass is 370 g/mol. The Bertz CT molecular complexity index is 951. The predicted octanol–water partition coefficient (Wildman–Crippen LogP) is 4.06. The van der Waals surface area contributed by atoms with Crippen molar-refractivity contribution < 1.29 is 23.1 Å². The zero-order valence-corrected chi connectivity index (χ0v) is 14.4. The van der Waals surface area contributed by atoms with Crippen molar-refractivity contribution in [2.45, 2.75) is 6.43 Å². The first-order valence-electron chi connectivity index (χ1n) is 8.13. The maximum Gasteiger partial charge on any atom is 0.342 e. The first kappa shape index (κ1) is 18.4. The van der Waals surface area contributed by atoms with E-state index in [1.807, 2.05) is 30.3 Å². The molecular formula is C20H16F2N2O3. The molecule has 0 fully saturated rings. The van der Waals surface area contributed by atoms with E-state index in [0.29, 0.717) is 5.56 Å². The summed E-state index contributed by atoms with van der Waals surface area (Å²) in [6, 6.07) is 16.5. The molecule has 0 aliphatic heterocycles. The van der Waals surface area contributed by atoms with E-state index in [9.17, 15) is 18.4 Å². The van der Waals surface area contributed by atoms with Gasteiger partial charge in [0, 0.05) is 18.8 Å². The van der Waals surface area contributed by atoms with Crippen LogP contribution in [0.2, 0.25) is 0 Å². The molecule has 0 bridgehead atoms. The molecular weight excluding hydrogens is 354 g/mol. The lowest BCUT2D eigenvalue weighted by Crippen LogP contribution is -2.15. The molecule has 0 atom stereocenters. The highest BCUT2D eigenvalue weighted by molar-refractivity contribution is 5.99. The fraction of sp³-hybridized carbons (Fsp3) is 0.150. The number of ether oxygens (including phenoxy) is 1. The molecule has 0 N–H and O–H groups in total. The Kier molecular flexibility index (Phi) is 5.40. The van der Waals surface area contributed by atoms with Gasteiger partial charge in [-0.3, -0.25) is 9.48 Å². The van der Waals surface area contributed by atoms with E-state index in [1.54, 1.807) is 24.3 Å². The minimum Gasteiger partial charge on any atom is -0.454 e. The number of benzene rings is 2. The Morgan fingerprint density at radius 1 is 1.04 bits per heavy atom. The average Bonchev–Trinajstić information content (AvgIpc) is 3.09. The van der Waals surface area contributed by atoms with Crippen LogP contribution in [0.1, 0.15) is 32.8 Å². The van der Waals surface area contributed by atoms with Gasteiger partial charge in [0.05, 0.1) is 0 Å². The third-order valence-electron chi connectivity index (χ3n) is 3.93. The van der Waals surface area contributed by atoms with Gasteiger partial charge >= 0.3 is 5.97 Å². The number of alkyl halides is 2. The summed E-state index contributed by atoms with van der Waals surface area (Å²) < 4.78 is 31.8. The van der Waals surface area contributed by atoms with Gasteiger partial charge in [0.2, 0.25) is 0 Å². The second kappa shape index (κ2) is 7.90. The predicted molar refractivity (Wildman–Crippen MR) is 94.7 cm³/mol. The number of rotatable bonds is 6. The van der Waals surface area contributed by atoms with Gasteiger partial charge in [-0.2, -0.15) is 5.10 Å². The molecule has 0 unspecified atom stereocenters. The van der Waals surface area contributed by atoms with E-state index in [-0.39, 0.29) is 5.56 Å². The van der Waals surface area contributed by atoms with Crippen LogP contribution in [0.15, 0.2) is 60.8 Å². The lowest BCUT2D eigenvalue weighted by atomic mass is 10.0. The lowest BCUT2D eigenvalue weighted by molar-refractivity contribution is 0.0466. The summed E-state index contributed by atoms with van der Waals surface area (Å²) in [6.45, 7) is -0.541. The summed E-state index contributed by atoms with van der Waals surface area (Å²) in [5.41, 5.74) is 1.31. The van der Waals surface area contributed by atoms with Crippen LogP contribution in [0.3, 0.4) is 0 Å². The van der Waals surface area contributed by atoms with Gasteiger partial charge in [0.1, 0.15) is 11.3 Å². The Balaban J connectivity index is 1.65. The molecule has 0 amide bonds. The van der Waals surface area contributed by atoms with E-state index >= 15 is 0 Å². The van der Waals surface area contributed by atoms with E-state index in [4.69, 9.17) is 4.74 Å². The third-order valence-corrected chi connectivity index (χ3v) is 3.93. The second-order valence-corrected chi connectivity index (χ2v) is 5.85. The SMILES string of the molecule is Cn1cc(C(=O)OCC(=O)c2ccc(-c3ccccc3)cc2)c(C(F)F)n1. The molecule has 3 aromatic rings. The number of hydrogen-bond donors (Lipinski definition) is 0. The molecule has 0 radical (unpaired) electrons. The number of hydrogen-bond acceptors (Lipinski definition) is 4. The molecule has 0 aliphatic rings. The van der Waals surface area contributed by atoms with E-state index in [1.165, 1.54) is 7.05 Å². The minimum atomic E-state index is -2.91. The fourth-order valence-corrected chi connectivity index (χ4v) is 2.60. The molecule has 0 aliphatic carbocycles. The van der Waals surface area contributed by atoms with Gasteiger partial charge < -0.3 is 4.74 Å². The van der Waals surface area contributed by atoms with Crippen molar-refractivity contribution in [3.8, 4) is 11.1 Å². The highest BCUT2D eigenvalue weighted by Crippen LogP contribution is 2.22. The molecule has 5 nitrogen and oxygen atoms in total. The first-order valence-corrected chi connectivity index (χ1v) is 8.13. The Morgan fingerprint density at radius 3 is 2.30 bits per heavy atom. The van der Waals surface area contributed by atoms with Gasteiger partial charge in [-0.15, -0.1) is 0 Å². The number of halogens is 2. The Labute approximate surface area is 154 Å². The number of nitrogens with zero attached hydrogens (tertiary/aromatic N) is 2. The Hall–Kier alpha value is -3.35. The summed E-state index contributed by atoms with van der Waals surface area (Å²) in [4.78, 5) is 24.2. The largest absolute Gasteiger partial charge is 0.454 e. The smallest absolute Gasteiger partial charge is 0.342 e. The zero-order valence-electron chi connectivity index (χ0n) is 14.4. The summed E-state index contributed by atoms with van der Waals surface area (Å²) in [5.74, 6) is -1.43. The van der Waals surface area contributed by atoms with Crippen LogP contribution >= 0.6 is 0 Å². The highest BCUT2D eigenvalue weighted by Gasteiger charge is 2.24. The van der Waals surface area contributed by atoms with Crippen molar-refractivity contribution in [2.75, 3.05) is 6.61 Å². The van der Waals surface area contributed by atoms with Gasteiger partial charge in [-0.1, -0.05) is 54.6 Å². The summed E-state index contributed by atoms with van der Waals surface area (Å²) in [7, 11) is 1.42. The molecule has 1 heterocycles. The number of aromatic nitrogens is 2. The van der Waals surface area contributed by atoms with Crippen LogP contribution in [0.5, 0.6) is 0 Å². The first-order chi connectivity index (χ1) is 13.0. The van der Waals surface area contributed by atoms with Crippen molar-refractivity contribution in [3.63, 3.8) is 0 Å². The lowest BCUT2D eigenvalue weighted by Gasteiger charge is -2.06. The van der Waals surface area contributed by atoms with E-state index in [2.05, 4.69) is 5.10 Å². The number of carbonyl (C=O) groups is 2. The van der Waals surface area contributed by atoms with Gasteiger partial charge in [-0.25, -0.2) is 13.6 Å². The maximum absolute atomic E-state index is 12.9. The Morgan fingerprint density at radius 2 is 1.67 bits per heavy atom. The molecule has 0 saturated heterocycles. The fourth-order valence-electron chi connectivity index (χ4n) is 2.60. The molecule has 3 rings (SSSR count). The third kappa shape index (κ3) is 4.25. The number of ketones is 1. The molecule has 7 heteroatoms. The molecule has 1 aromatic heterocycles. The van der Waals surface area contributed by atoms with E-state index in [0.717, 1.165) is 22.0 Å². The quantitative estimate of drug-likeness (QED) is 0.485. The highest BCUT2D eigenvalue weighted by atomic mass is 19.3. The second-order valence-electron chi connectivity index (χ2n) is 5.85. The summed E-state index contributed by atoms with van der Waals surface area (Å²) >= 11 is 0. The number of aryl methyl sites for hydroxylation is 1. The van der Waals surface area contributed by atoms with Crippen molar-refractivity contribution in [1.82, 2.24) is 9.78 Å². The maximum atomic E-state index is 12.9.